The molecule has 1 spiro atoms. The van der Waals surface area contributed by atoms with Crippen molar-refractivity contribution in [2.45, 2.75) is 31.1 Å². The molecule has 3 aromatic heterocycles. The molecule has 0 N–H and O–H groups in total. The lowest BCUT2D eigenvalue weighted by atomic mass is 9.76. The normalized spacial score (nSPS) is 14.1. The van der Waals surface area contributed by atoms with Crippen molar-refractivity contribution in [2.75, 3.05) is 0 Å². The first-order chi connectivity index (χ1) is 30.2. The Morgan fingerprint density at radius 3 is 1.90 bits per heavy atom. The summed E-state index contributed by atoms with van der Waals surface area (Å²) in [6, 6.07) is 64.9. The van der Waals surface area contributed by atoms with Crippen LogP contribution in [0.4, 0.5) is 0 Å². The standard InChI is InChI=1S/C56H38N4O/c1-2-14-38(15-3-1)60-48-24-8-5-16-40(48)45-34-37(30-31-49(45)60)54-57-53(36-28-26-35(27-29-36)39-19-12-20-42-41-17-6-9-25-50(41)61-52(39)42)58-55(59-54)44-21-13-23-47-51(44)43-18-4-7-22-46(43)56(47)32-10-11-33-56/h1-9,12-31,34H,10-11,32-33H2. The highest BCUT2D eigenvalue weighted by Gasteiger charge is 2.45. The predicted octanol–water partition coefficient (Wildman–Crippen LogP) is 14.4. The van der Waals surface area contributed by atoms with E-state index in [1.54, 1.807) is 0 Å². The summed E-state index contributed by atoms with van der Waals surface area (Å²) in [7, 11) is 0. The van der Waals surface area contributed by atoms with Gasteiger partial charge in [-0.3, -0.25) is 0 Å². The van der Waals surface area contributed by atoms with E-state index < -0.39 is 0 Å². The van der Waals surface area contributed by atoms with Crippen molar-refractivity contribution in [3.63, 3.8) is 0 Å². The molecule has 0 amide bonds. The van der Waals surface area contributed by atoms with E-state index in [1.165, 1.54) is 53.3 Å². The van der Waals surface area contributed by atoms with E-state index in [1.807, 2.05) is 12.1 Å². The molecule has 1 saturated carbocycles. The van der Waals surface area contributed by atoms with Crippen LogP contribution in [0.1, 0.15) is 36.8 Å². The minimum absolute atomic E-state index is 0.0388. The maximum Gasteiger partial charge on any atom is 0.164 e. The van der Waals surface area contributed by atoms with Crippen molar-refractivity contribution < 1.29 is 4.42 Å². The van der Waals surface area contributed by atoms with Gasteiger partial charge in [-0.2, -0.15) is 0 Å². The molecule has 0 radical (unpaired) electrons. The molecule has 0 unspecified atom stereocenters. The zero-order valence-electron chi connectivity index (χ0n) is 33.3. The number of aromatic nitrogens is 4. The molecule has 0 saturated heterocycles. The average molecular weight is 783 g/mol. The number of benzene rings is 8. The zero-order chi connectivity index (χ0) is 40.1. The molecule has 1 fully saturated rings. The molecule has 0 aliphatic heterocycles. The van der Waals surface area contributed by atoms with Crippen LogP contribution in [0, 0.1) is 0 Å². The Morgan fingerprint density at radius 1 is 0.426 bits per heavy atom. The average Bonchev–Trinajstić information content (AvgIpc) is 4.11. The number of hydrogen-bond donors (Lipinski definition) is 0. The van der Waals surface area contributed by atoms with Gasteiger partial charge in [0.2, 0.25) is 0 Å². The first-order valence-corrected chi connectivity index (χ1v) is 21.3. The van der Waals surface area contributed by atoms with E-state index in [9.17, 15) is 0 Å². The van der Waals surface area contributed by atoms with Gasteiger partial charge in [0.15, 0.2) is 17.5 Å². The summed E-state index contributed by atoms with van der Waals surface area (Å²) in [5.41, 5.74) is 15.7. The van der Waals surface area contributed by atoms with Gasteiger partial charge < -0.3 is 8.98 Å². The fraction of sp³-hybridized carbons (Fsp3) is 0.0893. The van der Waals surface area contributed by atoms with E-state index >= 15 is 0 Å². The van der Waals surface area contributed by atoms with Crippen LogP contribution in [-0.2, 0) is 5.41 Å². The maximum absolute atomic E-state index is 6.43. The van der Waals surface area contributed by atoms with Crippen LogP contribution in [0.15, 0.2) is 186 Å². The molecule has 288 valence electrons. The minimum Gasteiger partial charge on any atom is -0.455 e. The second-order valence-electron chi connectivity index (χ2n) is 16.6. The number of fused-ring (bicyclic) bond motifs is 11. The number of para-hydroxylation sites is 4. The van der Waals surface area contributed by atoms with Gasteiger partial charge in [0.25, 0.3) is 0 Å². The van der Waals surface area contributed by atoms with Crippen molar-refractivity contribution >= 4 is 43.7 Å². The Hall–Kier alpha value is -7.63. The predicted molar refractivity (Wildman–Crippen MR) is 248 cm³/mol. The molecule has 13 rings (SSSR count). The molecule has 2 aliphatic rings. The monoisotopic (exact) mass is 782 g/mol. The number of nitrogens with zero attached hydrogens (tertiary/aromatic N) is 4. The quantitative estimate of drug-likeness (QED) is 0.174. The molecule has 3 heterocycles. The van der Waals surface area contributed by atoms with Gasteiger partial charge in [-0.25, -0.2) is 15.0 Å². The number of rotatable bonds is 5. The summed E-state index contributed by atoms with van der Waals surface area (Å²) < 4.78 is 8.77. The van der Waals surface area contributed by atoms with Crippen molar-refractivity contribution in [3.8, 4) is 62.1 Å². The lowest BCUT2D eigenvalue weighted by molar-refractivity contribution is 0.550. The van der Waals surface area contributed by atoms with Gasteiger partial charge in [0, 0.05) is 54.9 Å². The van der Waals surface area contributed by atoms with E-state index in [0.29, 0.717) is 17.5 Å². The van der Waals surface area contributed by atoms with E-state index in [2.05, 4.69) is 174 Å². The molecule has 11 aromatic rings. The second kappa shape index (κ2) is 13.2. The first-order valence-electron chi connectivity index (χ1n) is 21.3. The van der Waals surface area contributed by atoms with Crippen molar-refractivity contribution in [1.29, 1.82) is 0 Å². The highest BCUT2D eigenvalue weighted by molar-refractivity contribution is 6.11. The highest BCUT2D eigenvalue weighted by Crippen LogP contribution is 2.58. The highest BCUT2D eigenvalue weighted by atomic mass is 16.3. The van der Waals surface area contributed by atoms with Crippen LogP contribution in [0.5, 0.6) is 0 Å². The molecule has 0 bridgehead atoms. The lowest BCUT2D eigenvalue weighted by Gasteiger charge is -2.26. The second-order valence-corrected chi connectivity index (χ2v) is 16.6. The van der Waals surface area contributed by atoms with E-state index in [-0.39, 0.29) is 5.41 Å². The van der Waals surface area contributed by atoms with Crippen LogP contribution in [-0.4, -0.2) is 19.5 Å². The molecule has 8 aromatic carbocycles. The van der Waals surface area contributed by atoms with Crippen molar-refractivity contribution in [3.05, 3.63) is 193 Å². The van der Waals surface area contributed by atoms with E-state index in [4.69, 9.17) is 19.4 Å². The topological polar surface area (TPSA) is 56.7 Å². The Balaban J connectivity index is 1.00. The summed E-state index contributed by atoms with van der Waals surface area (Å²) in [5, 5.41) is 4.58. The fourth-order valence-electron chi connectivity index (χ4n) is 10.7. The number of hydrogen-bond acceptors (Lipinski definition) is 4. The smallest absolute Gasteiger partial charge is 0.164 e. The Bertz CT molecular complexity index is 3540. The van der Waals surface area contributed by atoms with Gasteiger partial charge in [-0.05, 0) is 83.1 Å². The van der Waals surface area contributed by atoms with Crippen molar-refractivity contribution in [2.24, 2.45) is 0 Å². The molecule has 61 heavy (non-hydrogen) atoms. The molecule has 5 nitrogen and oxygen atoms in total. The molecular weight excluding hydrogens is 745 g/mol. The van der Waals surface area contributed by atoms with Crippen molar-refractivity contribution in [1.82, 2.24) is 19.5 Å². The molecular formula is C56H38N4O. The largest absolute Gasteiger partial charge is 0.455 e. The Labute approximate surface area is 352 Å². The van der Waals surface area contributed by atoms with Crippen LogP contribution < -0.4 is 0 Å². The number of furan rings is 1. The first kappa shape index (κ1) is 34.3. The molecule has 5 heteroatoms. The summed E-state index contributed by atoms with van der Waals surface area (Å²) in [5.74, 6) is 1.97. The van der Waals surface area contributed by atoms with Gasteiger partial charge in [-0.1, -0.05) is 152 Å². The maximum atomic E-state index is 6.43. The third kappa shape index (κ3) is 5.10. The van der Waals surface area contributed by atoms with Gasteiger partial charge in [0.1, 0.15) is 11.2 Å². The Kier molecular flexibility index (Phi) is 7.41. The molecule has 0 atom stereocenters. The van der Waals surface area contributed by atoms with Gasteiger partial charge >= 0.3 is 0 Å². The lowest BCUT2D eigenvalue weighted by Crippen LogP contribution is -2.20. The van der Waals surface area contributed by atoms with E-state index in [0.717, 1.165) is 71.9 Å². The third-order valence-corrected chi connectivity index (χ3v) is 13.4. The van der Waals surface area contributed by atoms with Crippen LogP contribution in [0.25, 0.3) is 106 Å². The third-order valence-electron chi connectivity index (χ3n) is 13.4. The summed E-state index contributed by atoms with van der Waals surface area (Å²) in [6.45, 7) is 0. The van der Waals surface area contributed by atoms with Gasteiger partial charge in [0.05, 0.1) is 11.0 Å². The summed E-state index contributed by atoms with van der Waals surface area (Å²) in [4.78, 5) is 16.0. The summed E-state index contributed by atoms with van der Waals surface area (Å²) in [6.07, 6.45) is 4.81. The summed E-state index contributed by atoms with van der Waals surface area (Å²) >= 11 is 0. The van der Waals surface area contributed by atoms with Crippen LogP contribution in [0.3, 0.4) is 0 Å². The SMILES string of the molecule is c1ccc(-n2c3ccccc3c3cc(-c4nc(-c5ccc(-c6cccc7c6oc6ccccc67)cc5)nc(-c5cccc6c5-c5ccccc5C65CCCC5)n4)ccc32)cc1. The van der Waals surface area contributed by atoms with Gasteiger partial charge in [-0.15, -0.1) is 0 Å². The Morgan fingerprint density at radius 2 is 1.03 bits per heavy atom. The van der Waals surface area contributed by atoms with Crippen LogP contribution >= 0.6 is 0 Å². The minimum atomic E-state index is 0.0388. The van der Waals surface area contributed by atoms with Crippen LogP contribution in [0.2, 0.25) is 0 Å². The fourth-order valence-corrected chi connectivity index (χ4v) is 10.7. The molecule has 2 aliphatic carbocycles. The zero-order valence-corrected chi connectivity index (χ0v) is 33.3.